The predicted molar refractivity (Wildman–Crippen MR) is 90.3 cm³/mol. The molecule has 2 rings (SSSR count). The molecule has 1 heterocycles. The van der Waals surface area contributed by atoms with Crippen molar-refractivity contribution in [3.05, 3.63) is 34.9 Å². The van der Waals surface area contributed by atoms with Crippen molar-refractivity contribution in [3.8, 4) is 0 Å². The number of nitrogens with two attached hydrogens (primary N) is 1. The zero-order valence-corrected chi connectivity index (χ0v) is 14.4. The van der Waals surface area contributed by atoms with Crippen LogP contribution in [0.5, 0.6) is 0 Å². The number of carbonyl (C=O) groups excluding carboxylic acids is 1. The molecule has 0 aliphatic carbocycles. The first kappa shape index (κ1) is 18.2. The van der Waals surface area contributed by atoms with Gasteiger partial charge in [-0.2, -0.15) is 0 Å². The van der Waals surface area contributed by atoms with E-state index in [-0.39, 0.29) is 24.0 Å². The molecule has 6 heteroatoms. The Balaban J connectivity index is 1.96. The number of rotatable bonds is 6. The Kier molecular flexibility index (Phi) is 6.84. The second-order valence-corrected chi connectivity index (χ2v) is 6.42. The fourth-order valence-electron chi connectivity index (χ4n) is 2.97. The summed E-state index contributed by atoms with van der Waals surface area (Å²) in [5, 5.41) is 3.65. The number of carbonyl (C=O) groups is 1. The molecule has 23 heavy (non-hydrogen) atoms. The molecule has 3 atom stereocenters. The zero-order valence-electron chi connectivity index (χ0n) is 13.6. The molecule has 1 aliphatic heterocycles. The Morgan fingerprint density at radius 3 is 2.52 bits per heavy atom. The third-order valence-electron chi connectivity index (χ3n) is 4.35. The van der Waals surface area contributed by atoms with Crippen molar-refractivity contribution in [2.75, 3.05) is 20.3 Å². The first-order valence-corrected chi connectivity index (χ1v) is 8.32. The molecule has 0 radical (unpaired) electrons. The van der Waals surface area contributed by atoms with Gasteiger partial charge in [0, 0.05) is 25.3 Å². The lowest BCUT2D eigenvalue weighted by atomic mass is 9.91. The van der Waals surface area contributed by atoms with Crippen LogP contribution in [-0.2, 0) is 14.3 Å². The summed E-state index contributed by atoms with van der Waals surface area (Å²) in [5.74, 6) is 0.0351. The van der Waals surface area contributed by atoms with E-state index in [0.717, 1.165) is 18.4 Å². The highest BCUT2D eigenvalue weighted by Gasteiger charge is 2.29. The Hall–Kier alpha value is -1.14. The molecule has 5 nitrogen and oxygen atoms in total. The number of nitrogens with one attached hydrogen (secondary N) is 1. The van der Waals surface area contributed by atoms with E-state index >= 15 is 0 Å². The van der Waals surface area contributed by atoms with Crippen molar-refractivity contribution in [1.82, 2.24) is 5.32 Å². The standard InChI is InChI=1S/C17H25ClN2O3/c1-11(16(22-2)13-3-5-14(18)6-4-13)20-17(21)15(19)12-7-9-23-10-8-12/h3-6,11-12,15-16H,7-10,19H2,1-2H3,(H,20,21). The molecule has 1 aromatic rings. The summed E-state index contributed by atoms with van der Waals surface area (Å²) < 4.78 is 10.9. The summed E-state index contributed by atoms with van der Waals surface area (Å²) >= 11 is 5.91. The van der Waals surface area contributed by atoms with Crippen LogP contribution in [0.2, 0.25) is 5.02 Å². The van der Waals surface area contributed by atoms with E-state index in [4.69, 9.17) is 26.8 Å². The van der Waals surface area contributed by atoms with E-state index in [1.54, 1.807) is 7.11 Å². The van der Waals surface area contributed by atoms with Crippen LogP contribution in [0.15, 0.2) is 24.3 Å². The summed E-state index contributed by atoms with van der Waals surface area (Å²) in [6, 6.07) is 6.72. The topological polar surface area (TPSA) is 73.6 Å². The molecule has 1 saturated heterocycles. The van der Waals surface area contributed by atoms with Crippen LogP contribution in [0, 0.1) is 5.92 Å². The summed E-state index contributed by atoms with van der Waals surface area (Å²) in [6.07, 6.45) is 1.40. The molecular formula is C17H25ClN2O3. The quantitative estimate of drug-likeness (QED) is 0.833. The average molecular weight is 341 g/mol. The summed E-state index contributed by atoms with van der Waals surface area (Å²) in [4.78, 5) is 12.4. The fraction of sp³-hybridized carbons (Fsp3) is 0.588. The predicted octanol–water partition coefficient (Wildman–Crippen LogP) is 2.29. The lowest BCUT2D eigenvalue weighted by Crippen LogP contribution is -2.50. The highest BCUT2D eigenvalue weighted by molar-refractivity contribution is 6.30. The Morgan fingerprint density at radius 2 is 1.96 bits per heavy atom. The number of hydrogen-bond donors (Lipinski definition) is 2. The number of hydrogen-bond acceptors (Lipinski definition) is 4. The maximum atomic E-state index is 12.4. The van der Waals surface area contributed by atoms with Crippen molar-refractivity contribution in [2.45, 2.75) is 38.0 Å². The number of ether oxygens (including phenoxy) is 2. The van der Waals surface area contributed by atoms with Gasteiger partial charge in [-0.15, -0.1) is 0 Å². The van der Waals surface area contributed by atoms with Crippen LogP contribution in [-0.4, -0.2) is 38.3 Å². The maximum absolute atomic E-state index is 12.4. The van der Waals surface area contributed by atoms with Crippen molar-refractivity contribution < 1.29 is 14.3 Å². The van der Waals surface area contributed by atoms with Crippen LogP contribution < -0.4 is 11.1 Å². The molecule has 3 N–H and O–H groups in total. The Morgan fingerprint density at radius 1 is 1.35 bits per heavy atom. The van der Waals surface area contributed by atoms with Gasteiger partial charge in [-0.1, -0.05) is 23.7 Å². The van der Waals surface area contributed by atoms with Gasteiger partial charge in [0.2, 0.25) is 5.91 Å². The largest absolute Gasteiger partial charge is 0.381 e. The van der Waals surface area contributed by atoms with Gasteiger partial charge in [0.1, 0.15) is 6.10 Å². The van der Waals surface area contributed by atoms with Crippen molar-refractivity contribution >= 4 is 17.5 Å². The average Bonchev–Trinajstić information content (AvgIpc) is 2.57. The van der Waals surface area contributed by atoms with Crippen LogP contribution in [0.1, 0.15) is 31.4 Å². The molecule has 1 fully saturated rings. The molecule has 128 valence electrons. The molecule has 0 spiro atoms. The SMILES string of the molecule is COC(c1ccc(Cl)cc1)C(C)NC(=O)C(N)C1CCOCC1. The van der Waals surface area contributed by atoms with Gasteiger partial charge in [0.25, 0.3) is 0 Å². The lowest BCUT2D eigenvalue weighted by Gasteiger charge is -2.29. The molecule has 0 aromatic heterocycles. The molecule has 1 amide bonds. The van der Waals surface area contributed by atoms with Gasteiger partial charge in [-0.25, -0.2) is 0 Å². The highest BCUT2D eigenvalue weighted by Crippen LogP contribution is 2.23. The van der Waals surface area contributed by atoms with Gasteiger partial charge >= 0.3 is 0 Å². The zero-order chi connectivity index (χ0) is 16.8. The van der Waals surface area contributed by atoms with Crippen molar-refractivity contribution in [3.63, 3.8) is 0 Å². The molecule has 1 aliphatic rings. The first-order chi connectivity index (χ1) is 11.0. The highest BCUT2D eigenvalue weighted by atomic mass is 35.5. The smallest absolute Gasteiger partial charge is 0.237 e. The second kappa shape index (κ2) is 8.64. The number of benzene rings is 1. The van der Waals surface area contributed by atoms with Gasteiger partial charge in [0.05, 0.1) is 12.1 Å². The number of amides is 1. The lowest BCUT2D eigenvalue weighted by molar-refractivity contribution is -0.126. The van der Waals surface area contributed by atoms with Gasteiger partial charge in [-0.05, 0) is 43.4 Å². The van der Waals surface area contributed by atoms with E-state index < -0.39 is 6.04 Å². The molecular weight excluding hydrogens is 316 g/mol. The fourth-order valence-corrected chi connectivity index (χ4v) is 3.09. The van der Waals surface area contributed by atoms with E-state index in [1.165, 1.54) is 0 Å². The number of methoxy groups -OCH3 is 1. The second-order valence-electron chi connectivity index (χ2n) is 5.98. The van der Waals surface area contributed by atoms with Gasteiger partial charge < -0.3 is 20.5 Å². The van der Waals surface area contributed by atoms with E-state index in [1.807, 2.05) is 31.2 Å². The third-order valence-corrected chi connectivity index (χ3v) is 4.61. The Labute approximate surface area is 142 Å². The van der Waals surface area contributed by atoms with Crippen LogP contribution in [0.25, 0.3) is 0 Å². The maximum Gasteiger partial charge on any atom is 0.237 e. The van der Waals surface area contributed by atoms with Gasteiger partial charge in [0.15, 0.2) is 0 Å². The first-order valence-electron chi connectivity index (χ1n) is 7.95. The van der Waals surface area contributed by atoms with E-state index in [0.29, 0.717) is 18.2 Å². The molecule has 0 saturated carbocycles. The van der Waals surface area contributed by atoms with Gasteiger partial charge in [-0.3, -0.25) is 4.79 Å². The minimum Gasteiger partial charge on any atom is -0.381 e. The Bertz CT molecular complexity index is 503. The minimum atomic E-state index is -0.510. The minimum absolute atomic E-state index is 0.139. The van der Waals surface area contributed by atoms with Crippen LogP contribution >= 0.6 is 11.6 Å². The summed E-state index contributed by atoms with van der Waals surface area (Å²) in [6.45, 7) is 3.26. The summed E-state index contributed by atoms with van der Waals surface area (Å²) in [7, 11) is 1.63. The molecule has 1 aromatic carbocycles. The van der Waals surface area contributed by atoms with E-state index in [9.17, 15) is 4.79 Å². The van der Waals surface area contributed by atoms with Crippen molar-refractivity contribution in [2.24, 2.45) is 11.7 Å². The molecule has 0 bridgehead atoms. The number of halogens is 1. The summed E-state index contributed by atoms with van der Waals surface area (Å²) in [5.41, 5.74) is 7.08. The third kappa shape index (κ3) is 4.91. The molecule has 3 unspecified atom stereocenters. The van der Waals surface area contributed by atoms with Crippen LogP contribution in [0.3, 0.4) is 0 Å². The normalized spacial score (nSPS) is 19.8. The van der Waals surface area contributed by atoms with E-state index in [2.05, 4.69) is 5.32 Å². The van der Waals surface area contributed by atoms with Crippen LogP contribution in [0.4, 0.5) is 0 Å². The van der Waals surface area contributed by atoms with Crippen molar-refractivity contribution in [1.29, 1.82) is 0 Å². The monoisotopic (exact) mass is 340 g/mol.